The molecular weight excluding hydrogens is 182 g/mol. The summed E-state index contributed by atoms with van der Waals surface area (Å²) in [6.45, 7) is 0. The van der Waals surface area contributed by atoms with Crippen LogP contribution in [-0.2, 0) is 11.8 Å². The minimum Gasteiger partial charge on any atom is -0.346 e. The maximum atomic E-state index is 11.2. The summed E-state index contributed by atoms with van der Waals surface area (Å²) in [5.74, 6) is 0.0300. The molecule has 1 amide bonds. The normalized spacial score (nSPS) is 27.4. The summed E-state index contributed by atoms with van der Waals surface area (Å²) in [6, 6.07) is -0.255. The largest absolute Gasteiger partial charge is 0.346 e. The summed E-state index contributed by atoms with van der Waals surface area (Å²) in [6.07, 6.45) is 2.97. The maximum Gasteiger partial charge on any atom is 0.220 e. The van der Waals surface area contributed by atoms with Gasteiger partial charge in [-0.15, -0.1) is 5.10 Å². The predicted octanol–water partition coefficient (Wildman–Crippen LogP) is -0.906. The first kappa shape index (κ1) is 9.14. The number of aryl methyl sites for hydroxylation is 1. The standard InChI is InChI=1S/C8H13N5O/c1-13-4-6(11-12-13)8-5(9)2-3-7(14)10-8/h4-5,8H,2-3,9H2,1H3,(H,10,14). The lowest BCUT2D eigenvalue weighted by Gasteiger charge is -2.27. The van der Waals surface area contributed by atoms with Crippen LogP contribution in [0.1, 0.15) is 24.6 Å². The van der Waals surface area contributed by atoms with Gasteiger partial charge in [0.15, 0.2) is 0 Å². The van der Waals surface area contributed by atoms with E-state index in [2.05, 4.69) is 15.6 Å². The van der Waals surface area contributed by atoms with Crippen molar-refractivity contribution in [3.63, 3.8) is 0 Å². The highest BCUT2D eigenvalue weighted by Gasteiger charge is 2.28. The number of hydrogen-bond acceptors (Lipinski definition) is 4. The average Bonchev–Trinajstić information content (AvgIpc) is 2.56. The second-order valence-corrected chi connectivity index (χ2v) is 3.56. The third-order valence-corrected chi connectivity index (χ3v) is 2.39. The highest BCUT2D eigenvalue weighted by atomic mass is 16.1. The molecule has 0 radical (unpaired) electrons. The smallest absolute Gasteiger partial charge is 0.220 e. The van der Waals surface area contributed by atoms with Crippen LogP contribution in [0.15, 0.2) is 6.20 Å². The Kier molecular flexibility index (Phi) is 2.20. The molecule has 1 aromatic rings. The van der Waals surface area contributed by atoms with Crippen LogP contribution in [0.3, 0.4) is 0 Å². The van der Waals surface area contributed by atoms with Crippen LogP contribution < -0.4 is 11.1 Å². The van der Waals surface area contributed by atoms with Crippen molar-refractivity contribution in [2.24, 2.45) is 12.8 Å². The Morgan fingerprint density at radius 2 is 2.50 bits per heavy atom. The molecule has 1 aromatic heterocycles. The van der Waals surface area contributed by atoms with Crippen molar-refractivity contribution in [1.82, 2.24) is 20.3 Å². The first-order valence-corrected chi connectivity index (χ1v) is 4.58. The molecule has 0 aromatic carbocycles. The van der Waals surface area contributed by atoms with Gasteiger partial charge in [0.05, 0.1) is 12.2 Å². The summed E-state index contributed by atoms with van der Waals surface area (Å²) < 4.78 is 1.60. The van der Waals surface area contributed by atoms with Gasteiger partial charge in [-0.1, -0.05) is 5.21 Å². The second kappa shape index (κ2) is 3.38. The molecule has 6 nitrogen and oxygen atoms in total. The molecule has 1 fully saturated rings. The van der Waals surface area contributed by atoms with E-state index in [9.17, 15) is 4.79 Å². The van der Waals surface area contributed by atoms with Crippen LogP contribution >= 0.6 is 0 Å². The monoisotopic (exact) mass is 195 g/mol. The van der Waals surface area contributed by atoms with Crippen LogP contribution in [0, 0.1) is 0 Å². The average molecular weight is 195 g/mol. The molecule has 1 saturated heterocycles. The fourth-order valence-corrected chi connectivity index (χ4v) is 1.62. The number of nitrogens with zero attached hydrogens (tertiary/aromatic N) is 3. The van der Waals surface area contributed by atoms with Gasteiger partial charge >= 0.3 is 0 Å². The molecule has 2 unspecified atom stereocenters. The van der Waals surface area contributed by atoms with Gasteiger partial charge in [-0.25, -0.2) is 0 Å². The van der Waals surface area contributed by atoms with Crippen molar-refractivity contribution in [3.8, 4) is 0 Å². The lowest BCUT2D eigenvalue weighted by atomic mass is 9.97. The van der Waals surface area contributed by atoms with E-state index in [1.165, 1.54) is 0 Å². The first-order valence-electron chi connectivity index (χ1n) is 4.58. The number of nitrogens with one attached hydrogen (secondary N) is 1. The third kappa shape index (κ3) is 1.60. The minimum atomic E-state index is -0.190. The summed E-state index contributed by atoms with van der Waals surface area (Å²) in [7, 11) is 1.78. The van der Waals surface area contributed by atoms with Crippen molar-refractivity contribution in [1.29, 1.82) is 0 Å². The Bertz CT molecular complexity index is 347. The van der Waals surface area contributed by atoms with E-state index in [0.717, 1.165) is 5.69 Å². The van der Waals surface area contributed by atoms with Crippen molar-refractivity contribution < 1.29 is 4.79 Å². The van der Waals surface area contributed by atoms with Gasteiger partial charge in [0.1, 0.15) is 5.69 Å². The number of amides is 1. The number of carbonyl (C=O) groups is 1. The van der Waals surface area contributed by atoms with Crippen LogP contribution in [0.25, 0.3) is 0 Å². The van der Waals surface area contributed by atoms with Crippen LogP contribution in [-0.4, -0.2) is 26.9 Å². The van der Waals surface area contributed by atoms with Crippen molar-refractivity contribution in [2.75, 3.05) is 0 Å². The molecule has 0 spiro atoms. The fraction of sp³-hybridized carbons (Fsp3) is 0.625. The number of carbonyl (C=O) groups excluding carboxylic acids is 1. The zero-order valence-electron chi connectivity index (χ0n) is 7.97. The first-order chi connectivity index (χ1) is 6.66. The fourth-order valence-electron chi connectivity index (χ4n) is 1.62. The summed E-state index contributed by atoms with van der Waals surface area (Å²) >= 11 is 0. The van der Waals surface area contributed by atoms with Gasteiger partial charge < -0.3 is 11.1 Å². The molecule has 0 saturated carbocycles. The summed E-state index contributed by atoms with van der Waals surface area (Å²) in [5.41, 5.74) is 6.62. The van der Waals surface area contributed by atoms with E-state index >= 15 is 0 Å². The topological polar surface area (TPSA) is 85.8 Å². The Morgan fingerprint density at radius 1 is 1.71 bits per heavy atom. The molecule has 1 aliphatic heterocycles. The highest BCUT2D eigenvalue weighted by molar-refractivity contribution is 5.77. The summed E-state index contributed by atoms with van der Waals surface area (Å²) in [5, 5.41) is 10.6. The lowest BCUT2D eigenvalue weighted by molar-refractivity contribution is -0.123. The third-order valence-electron chi connectivity index (χ3n) is 2.39. The number of hydrogen-bond donors (Lipinski definition) is 2. The Morgan fingerprint density at radius 3 is 3.14 bits per heavy atom. The van der Waals surface area contributed by atoms with Crippen molar-refractivity contribution >= 4 is 5.91 Å². The minimum absolute atomic E-state index is 0.0300. The lowest BCUT2D eigenvalue weighted by Crippen LogP contribution is -2.45. The van der Waals surface area contributed by atoms with Crippen LogP contribution in [0.2, 0.25) is 0 Å². The van der Waals surface area contributed by atoms with E-state index in [-0.39, 0.29) is 18.0 Å². The van der Waals surface area contributed by atoms with Gasteiger partial charge in [0.25, 0.3) is 0 Å². The predicted molar refractivity (Wildman–Crippen MR) is 49.1 cm³/mol. The molecule has 3 N–H and O–H groups in total. The van der Waals surface area contributed by atoms with Gasteiger partial charge in [0.2, 0.25) is 5.91 Å². The molecule has 0 aliphatic carbocycles. The molecular formula is C8H13N5O. The Balaban J connectivity index is 2.19. The number of piperidine rings is 1. The van der Waals surface area contributed by atoms with Gasteiger partial charge in [-0.3, -0.25) is 9.48 Å². The Labute approximate surface area is 81.5 Å². The molecule has 0 bridgehead atoms. The molecule has 2 rings (SSSR count). The number of rotatable bonds is 1. The zero-order chi connectivity index (χ0) is 10.1. The second-order valence-electron chi connectivity index (χ2n) is 3.56. The van der Waals surface area contributed by atoms with Crippen LogP contribution in [0.5, 0.6) is 0 Å². The Hall–Kier alpha value is -1.43. The van der Waals surface area contributed by atoms with Gasteiger partial charge in [0, 0.05) is 19.5 Å². The molecule has 76 valence electrons. The molecule has 6 heteroatoms. The van der Waals surface area contributed by atoms with E-state index in [0.29, 0.717) is 12.8 Å². The van der Waals surface area contributed by atoms with E-state index in [1.54, 1.807) is 17.9 Å². The van der Waals surface area contributed by atoms with Gasteiger partial charge in [-0.2, -0.15) is 0 Å². The van der Waals surface area contributed by atoms with Crippen LogP contribution in [0.4, 0.5) is 0 Å². The van der Waals surface area contributed by atoms with Crippen molar-refractivity contribution in [2.45, 2.75) is 24.9 Å². The molecule has 2 heterocycles. The van der Waals surface area contributed by atoms with Crippen molar-refractivity contribution in [3.05, 3.63) is 11.9 Å². The highest BCUT2D eigenvalue weighted by Crippen LogP contribution is 2.20. The quantitative estimate of drug-likeness (QED) is 0.607. The summed E-state index contributed by atoms with van der Waals surface area (Å²) in [4.78, 5) is 11.2. The van der Waals surface area contributed by atoms with E-state index in [4.69, 9.17) is 5.73 Å². The molecule has 2 atom stereocenters. The number of nitrogens with two attached hydrogens (primary N) is 1. The SMILES string of the molecule is Cn1cc(C2NC(=O)CCC2N)nn1. The number of aromatic nitrogens is 3. The zero-order valence-corrected chi connectivity index (χ0v) is 7.97. The maximum absolute atomic E-state index is 11.2. The van der Waals surface area contributed by atoms with E-state index < -0.39 is 0 Å². The van der Waals surface area contributed by atoms with E-state index in [1.807, 2.05) is 0 Å². The molecule has 14 heavy (non-hydrogen) atoms. The van der Waals surface area contributed by atoms with Gasteiger partial charge in [-0.05, 0) is 6.42 Å². The molecule has 1 aliphatic rings.